The summed E-state index contributed by atoms with van der Waals surface area (Å²) in [7, 11) is 0. The average molecular weight is 309 g/mol. The zero-order chi connectivity index (χ0) is 15.6. The summed E-state index contributed by atoms with van der Waals surface area (Å²) in [6, 6.07) is 11.4. The van der Waals surface area contributed by atoms with Crippen LogP contribution in [0.15, 0.2) is 48.8 Å². The molecule has 4 rings (SSSR count). The maximum atomic E-state index is 12.5. The molecular formula is C16H15N5O2. The normalized spacial score (nSPS) is 17.6. The third-order valence-electron chi connectivity index (χ3n) is 3.79. The number of fused-ring (bicyclic) bond motifs is 1. The van der Waals surface area contributed by atoms with Gasteiger partial charge in [-0.2, -0.15) is 4.98 Å². The van der Waals surface area contributed by atoms with Gasteiger partial charge in [0.2, 0.25) is 5.82 Å². The van der Waals surface area contributed by atoms with Crippen molar-refractivity contribution in [3.05, 3.63) is 54.6 Å². The molecule has 0 saturated carbocycles. The fourth-order valence-electron chi connectivity index (χ4n) is 2.67. The second kappa shape index (κ2) is 5.68. The Morgan fingerprint density at radius 3 is 2.91 bits per heavy atom. The maximum Gasteiger partial charge on any atom is 0.293 e. The smallest absolute Gasteiger partial charge is 0.293 e. The molecule has 0 radical (unpaired) electrons. The van der Waals surface area contributed by atoms with Gasteiger partial charge in [0.1, 0.15) is 11.9 Å². The molecule has 1 aliphatic rings. The number of likely N-dealkylation sites (tertiary alicyclic amines) is 1. The first-order chi connectivity index (χ1) is 11.3. The van der Waals surface area contributed by atoms with Crippen molar-refractivity contribution in [2.24, 2.45) is 0 Å². The predicted octanol–water partition coefficient (Wildman–Crippen LogP) is 1.42. The van der Waals surface area contributed by atoms with Gasteiger partial charge < -0.3 is 9.64 Å². The Balaban J connectivity index is 1.45. The van der Waals surface area contributed by atoms with Crippen molar-refractivity contribution in [1.82, 2.24) is 24.5 Å². The molecule has 116 valence electrons. The van der Waals surface area contributed by atoms with Crippen molar-refractivity contribution < 1.29 is 9.53 Å². The summed E-state index contributed by atoms with van der Waals surface area (Å²) in [6.07, 6.45) is 4.14. The standard InChI is InChI=1S/C16H15N5O2/c22-15(14-18-16-17-8-4-9-21(16)19-14)20-10-7-13(11-20)23-12-5-2-1-3-6-12/h1-6,8-9,13H,7,10-11H2. The fourth-order valence-corrected chi connectivity index (χ4v) is 2.67. The van der Waals surface area contributed by atoms with Gasteiger partial charge in [0.15, 0.2) is 0 Å². The number of carbonyl (C=O) groups excluding carboxylic acids is 1. The quantitative estimate of drug-likeness (QED) is 0.731. The van der Waals surface area contributed by atoms with Gasteiger partial charge in [-0.25, -0.2) is 9.50 Å². The Kier molecular flexibility index (Phi) is 3.38. The van der Waals surface area contributed by atoms with E-state index < -0.39 is 0 Å². The molecular weight excluding hydrogens is 294 g/mol. The van der Waals surface area contributed by atoms with E-state index in [-0.39, 0.29) is 17.8 Å². The molecule has 1 saturated heterocycles. The maximum absolute atomic E-state index is 12.5. The monoisotopic (exact) mass is 309 g/mol. The predicted molar refractivity (Wildman–Crippen MR) is 82.2 cm³/mol. The Hall–Kier alpha value is -2.96. The lowest BCUT2D eigenvalue weighted by atomic mass is 10.3. The van der Waals surface area contributed by atoms with Gasteiger partial charge in [-0.1, -0.05) is 18.2 Å². The highest BCUT2D eigenvalue weighted by Crippen LogP contribution is 2.19. The summed E-state index contributed by atoms with van der Waals surface area (Å²) in [5, 5.41) is 4.18. The first-order valence-corrected chi connectivity index (χ1v) is 7.48. The van der Waals surface area contributed by atoms with Crippen LogP contribution in [0.5, 0.6) is 5.75 Å². The third-order valence-corrected chi connectivity index (χ3v) is 3.79. The first kappa shape index (κ1) is 13.7. The lowest BCUT2D eigenvalue weighted by molar-refractivity contribution is 0.0760. The van der Waals surface area contributed by atoms with Gasteiger partial charge in [-0.05, 0) is 18.2 Å². The van der Waals surface area contributed by atoms with Crippen molar-refractivity contribution in [3.63, 3.8) is 0 Å². The second-order valence-electron chi connectivity index (χ2n) is 5.39. The van der Waals surface area contributed by atoms with Crippen LogP contribution in [0.1, 0.15) is 17.0 Å². The number of rotatable bonds is 3. The number of ether oxygens (including phenoxy) is 1. The number of para-hydroxylation sites is 1. The van der Waals surface area contributed by atoms with E-state index in [4.69, 9.17) is 4.74 Å². The molecule has 7 nitrogen and oxygen atoms in total. The van der Waals surface area contributed by atoms with Crippen LogP contribution in [0.25, 0.3) is 5.78 Å². The molecule has 3 aromatic rings. The van der Waals surface area contributed by atoms with Gasteiger partial charge in [0.05, 0.1) is 6.54 Å². The Labute approximate surface area is 132 Å². The van der Waals surface area contributed by atoms with Crippen LogP contribution in [0.4, 0.5) is 0 Å². The molecule has 1 atom stereocenters. The van der Waals surface area contributed by atoms with Crippen LogP contribution in [-0.2, 0) is 0 Å². The first-order valence-electron chi connectivity index (χ1n) is 7.48. The largest absolute Gasteiger partial charge is 0.489 e. The molecule has 1 fully saturated rings. The summed E-state index contributed by atoms with van der Waals surface area (Å²) in [6.45, 7) is 1.18. The van der Waals surface area contributed by atoms with E-state index in [1.165, 1.54) is 4.52 Å². The number of carbonyl (C=O) groups is 1. The molecule has 0 bridgehead atoms. The zero-order valence-electron chi connectivity index (χ0n) is 12.4. The topological polar surface area (TPSA) is 72.6 Å². The van der Waals surface area contributed by atoms with E-state index in [2.05, 4.69) is 15.1 Å². The van der Waals surface area contributed by atoms with Crippen LogP contribution in [0.3, 0.4) is 0 Å². The number of nitrogens with zero attached hydrogens (tertiary/aromatic N) is 5. The lowest BCUT2D eigenvalue weighted by Crippen LogP contribution is -2.31. The van der Waals surface area contributed by atoms with Crippen molar-refractivity contribution in [2.45, 2.75) is 12.5 Å². The van der Waals surface area contributed by atoms with E-state index in [1.54, 1.807) is 23.4 Å². The van der Waals surface area contributed by atoms with Crippen molar-refractivity contribution in [3.8, 4) is 5.75 Å². The van der Waals surface area contributed by atoms with E-state index in [1.807, 2.05) is 30.3 Å². The van der Waals surface area contributed by atoms with Gasteiger partial charge >= 0.3 is 0 Å². The van der Waals surface area contributed by atoms with Gasteiger partial charge in [0.25, 0.3) is 11.7 Å². The average Bonchev–Trinajstić information content (AvgIpc) is 3.21. The summed E-state index contributed by atoms with van der Waals surface area (Å²) in [5.41, 5.74) is 0. The van der Waals surface area contributed by atoms with Crippen molar-refractivity contribution in [1.29, 1.82) is 0 Å². The van der Waals surface area contributed by atoms with Crippen molar-refractivity contribution >= 4 is 11.7 Å². The molecule has 23 heavy (non-hydrogen) atoms. The summed E-state index contributed by atoms with van der Waals surface area (Å²) in [5.74, 6) is 1.23. The number of hydrogen-bond acceptors (Lipinski definition) is 5. The summed E-state index contributed by atoms with van der Waals surface area (Å²) < 4.78 is 7.40. The molecule has 7 heteroatoms. The SMILES string of the molecule is O=C(c1nc2ncccn2n1)N1CCC(Oc2ccccc2)C1. The number of benzene rings is 1. The van der Waals surface area contributed by atoms with Crippen molar-refractivity contribution in [2.75, 3.05) is 13.1 Å². The summed E-state index contributed by atoms with van der Waals surface area (Å²) in [4.78, 5) is 22.5. The van der Waals surface area contributed by atoms with Gasteiger partial charge in [-0.15, -0.1) is 5.10 Å². The Morgan fingerprint density at radius 2 is 2.09 bits per heavy atom. The second-order valence-corrected chi connectivity index (χ2v) is 5.39. The highest BCUT2D eigenvalue weighted by molar-refractivity contribution is 5.91. The van der Waals surface area contributed by atoms with Crippen LogP contribution in [0, 0.1) is 0 Å². The molecule has 1 amide bonds. The van der Waals surface area contributed by atoms with E-state index in [0.29, 0.717) is 18.9 Å². The van der Waals surface area contributed by atoms with Gasteiger partial charge in [-0.3, -0.25) is 4.79 Å². The lowest BCUT2D eigenvalue weighted by Gasteiger charge is -2.15. The molecule has 1 aliphatic heterocycles. The molecule has 0 spiro atoms. The molecule has 0 N–H and O–H groups in total. The van der Waals surface area contributed by atoms with Crippen LogP contribution >= 0.6 is 0 Å². The Bertz CT molecular complexity index is 800. The van der Waals surface area contributed by atoms with E-state index in [9.17, 15) is 4.79 Å². The van der Waals surface area contributed by atoms with E-state index >= 15 is 0 Å². The number of hydrogen-bond donors (Lipinski definition) is 0. The minimum atomic E-state index is -0.185. The third kappa shape index (κ3) is 2.73. The van der Waals surface area contributed by atoms with Crippen LogP contribution in [0.2, 0.25) is 0 Å². The highest BCUT2D eigenvalue weighted by atomic mass is 16.5. The minimum absolute atomic E-state index is 0.00323. The molecule has 3 heterocycles. The Morgan fingerprint density at radius 1 is 1.22 bits per heavy atom. The minimum Gasteiger partial charge on any atom is -0.489 e. The van der Waals surface area contributed by atoms with Crippen LogP contribution < -0.4 is 4.74 Å². The highest BCUT2D eigenvalue weighted by Gasteiger charge is 2.30. The fraction of sp³-hybridized carbons (Fsp3) is 0.250. The van der Waals surface area contributed by atoms with E-state index in [0.717, 1.165) is 12.2 Å². The molecule has 1 unspecified atom stereocenters. The van der Waals surface area contributed by atoms with Gasteiger partial charge in [0, 0.05) is 25.4 Å². The summed E-state index contributed by atoms with van der Waals surface area (Å²) >= 11 is 0. The number of aromatic nitrogens is 4. The molecule has 1 aromatic carbocycles. The number of amides is 1. The van der Waals surface area contributed by atoms with Crippen LogP contribution in [-0.4, -0.2) is 49.6 Å². The zero-order valence-corrected chi connectivity index (χ0v) is 12.4. The molecule has 2 aromatic heterocycles. The molecule has 0 aliphatic carbocycles.